The van der Waals surface area contributed by atoms with Crippen LogP contribution in [0.15, 0.2) is 34.9 Å². The second-order valence-electron chi connectivity index (χ2n) is 2.45. The molecule has 0 spiro atoms. The Morgan fingerprint density at radius 2 is 2.00 bits per heavy atom. The molecule has 0 atom stereocenters. The number of rotatable bonds is 0. The number of benzene rings is 1. The van der Waals surface area contributed by atoms with Crippen LogP contribution in [-0.4, -0.2) is 4.98 Å². The summed E-state index contributed by atoms with van der Waals surface area (Å²) >= 11 is 5.66. The zero-order chi connectivity index (χ0) is 8.55. The Morgan fingerprint density at radius 1 is 1.25 bits per heavy atom. The van der Waals surface area contributed by atoms with Crippen molar-refractivity contribution in [2.45, 2.75) is 0 Å². The third-order valence-corrected chi connectivity index (χ3v) is 3.80. The van der Waals surface area contributed by atoms with Gasteiger partial charge in [0.05, 0.1) is 5.52 Å². The van der Waals surface area contributed by atoms with Crippen LogP contribution < -0.4 is 0 Å². The monoisotopic (exact) mass is 333 g/mol. The van der Waals surface area contributed by atoms with Crippen molar-refractivity contribution in [2.24, 2.45) is 0 Å². The van der Waals surface area contributed by atoms with Gasteiger partial charge in [-0.25, -0.2) is 4.98 Å². The third kappa shape index (κ3) is 1.47. The van der Waals surface area contributed by atoms with E-state index < -0.39 is 0 Å². The van der Waals surface area contributed by atoms with Crippen LogP contribution in [0.5, 0.6) is 0 Å². The fourth-order valence-corrected chi connectivity index (χ4v) is 1.83. The van der Waals surface area contributed by atoms with Crippen molar-refractivity contribution in [3.8, 4) is 0 Å². The number of hydrogen-bond acceptors (Lipinski definition) is 1. The number of para-hydroxylation sites is 1. The van der Waals surface area contributed by atoms with Gasteiger partial charge in [0.2, 0.25) is 0 Å². The number of fused-ring (bicyclic) bond motifs is 1. The summed E-state index contributed by atoms with van der Waals surface area (Å²) in [5, 5.41) is 1.19. The molecular formula is C9H5BrIN. The van der Waals surface area contributed by atoms with Crippen LogP contribution in [0.1, 0.15) is 0 Å². The normalized spacial score (nSPS) is 10.5. The van der Waals surface area contributed by atoms with Crippen molar-refractivity contribution in [1.82, 2.24) is 4.98 Å². The highest BCUT2D eigenvalue weighted by molar-refractivity contribution is 14.1. The topological polar surface area (TPSA) is 12.9 Å². The Hall–Kier alpha value is -0.160. The Bertz CT molecular complexity index is 387. The smallest absolute Gasteiger partial charge is 0.120 e. The van der Waals surface area contributed by atoms with Crippen molar-refractivity contribution < 1.29 is 0 Å². The van der Waals surface area contributed by atoms with Gasteiger partial charge in [-0.05, 0) is 50.7 Å². The molecule has 3 heteroatoms. The van der Waals surface area contributed by atoms with Crippen molar-refractivity contribution in [1.29, 1.82) is 0 Å². The van der Waals surface area contributed by atoms with Crippen LogP contribution in [0.25, 0.3) is 10.9 Å². The van der Waals surface area contributed by atoms with Gasteiger partial charge in [0.15, 0.2) is 0 Å². The lowest BCUT2D eigenvalue weighted by molar-refractivity contribution is 1.33. The van der Waals surface area contributed by atoms with E-state index >= 15 is 0 Å². The van der Waals surface area contributed by atoms with Gasteiger partial charge >= 0.3 is 0 Å². The summed E-state index contributed by atoms with van der Waals surface area (Å²) < 4.78 is 2.06. The number of aromatic nitrogens is 1. The highest BCUT2D eigenvalue weighted by Gasteiger charge is 1.99. The zero-order valence-corrected chi connectivity index (χ0v) is 9.83. The van der Waals surface area contributed by atoms with Gasteiger partial charge in [-0.1, -0.05) is 18.2 Å². The SMILES string of the molecule is Brc1nc2ccccc2cc1I. The molecule has 2 rings (SSSR count). The zero-order valence-electron chi connectivity index (χ0n) is 6.09. The maximum absolute atomic E-state index is 4.38. The van der Waals surface area contributed by atoms with Gasteiger partial charge in [0, 0.05) is 8.96 Å². The number of hydrogen-bond donors (Lipinski definition) is 0. The van der Waals surface area contributed by atoms with E-state index in [-0.39, 0.29) is 0 Å². The average Bonchev–Trinajstić information content (AvgIpc) is 2.07. The summed E-state index contributed by atoms with van der Waals surface area (Å²) in [6, 6.07) is 10.2. The largest absolute Gasteiger partial charge is 0.240 e. The van der Waals surface area contributed by atoms with E-state index in [0.717, 1.165) is 13.7 Å². The Labute approximate surface area is 92.5 Å². The van der Waals surface area contributed by atoms with Crippen molar-refractivity contribution in [3.63, 3.8) is 0 Å². The van der Waals surface area contributed by atoms with E-state index in [4.69, 9.17) is 0 Å². The first-order chi connectivity index (χ1) is 5.77. The summed E-state index contributed by atoms with van der Waals surface area (Å²) in [5.41, 5.74) is 1.03. The molecule has 60 valence electrons. The molecule has 12 heavy (non-hydrogen) atoms. The second-order valence-corrected chi connectivity index (χ2v) is 4.37. The highest BCUT2D eigenvalue weighted by atomic mass is 127. The molecule has 1 aromatic carbocycles. The predicted molar refractivity (Wildman–Crippen MR) is 62.2 cm³/mol. The van der Waals surface area contributed by atoms with E-state index in [2.05, 4.69) is 55.6 Å². The van der Waals surface area contributed by atoms with Gasteiger partial charge in [-0.3, -0.25) is 0 Å². The minimum Gasteiger partial charge on any atom is -0.240 e. The predicted octanol–water partition coefficient (Wildman–Crippen LogP) is 3.60. The molecule has 1 aromatic heterocycles. The molecule has 0 aliphatic rings. The minimum absolute atomic E-state index is 0.918. The van der Waals surface area contributed by atoms with Gasteiger partial charge in [-0.2, -0.15) is 0 Å². The van der Waals surface area contributed by atoms with Crippen LogP contribution in [0.2, 0.25) is 0 Å². The van der Waals surface area contributed by atoms with Crippen LogP contribution in [0, 0.1) is 3.57 Å². The fourth-order valence-electron chi connectivity index (χ4n) is 1.07. The maximum atomic E-state index is 4.38. The summed E-state index contributed by atoms with van der Waals surface area (Å²) in [6.07, 6.45) is 0. The van der Waals surface area contributed by atoms with Crippen LogP contribution in [-0.2, 0) is 0 Å². The second kappa shape index (κ2) is 3.30. The van der Waals surface area contributed by atoms with E-state index in [9.17, 15) is 0 Å². The van der Waals surface area contributed by atoms with Gasteiger partial charge in [-0.15, -0.1) is 0 Å². The van der Waals surface area contributed by atoms with Crippen LogP contribution in [0.4, 0.5) is 0 Å². The molecule has 0 saturated carbocycles. The molecule has 1 heterocycles. The van der Waals surface area contributed by atoms with E-state index in [1.165, 1.54) is 5.39 Å². The summed E-state index contributed by atoms with van der Waals surface area (Å²) in [6.45, 7) is 0. The number of pyridine rings is 1. The van der Waals surface area contributed by atoms with Gasteiger partial charge in [0.1, 0.15) is 4.60 Å². The highest BCUT2D eigenvalue weighted by Crippen LogP contribution is 2.21. The first-order valence-corrected chi connectivity index (χ1v) is 5.35. The molecule has 0 bridgehead atoms. The lowest BCUT2D eigenvalue weighted by atomic mass is 10.2. The summed E-state index contributed by atoms with van der Waals surface area (Å²) in [7, 11) is 0. The Balaban J connectivity index is 2.84. The summed E-state index contributed by atoms with van der Waals surface area (Å²) in [4.78, 5) is 4.38. The molecule has 0 radical (unpaired) electrons. The first-order valence-electron chi connectivity index (χ1n) is 3.48. The molecule has 0 unspecified atom stereocenters. The standard InChI is InChI=1S/C9H5BrIN/c10-9-7(11)5-6-3-1-2-4-8(6)12-9/h1-5H. The lowest BCUT2D eigenvalue weighted by Crippen LogP contribution is -1.82. The molecule has 1 nitrogen and oxygen atoms in total. The minimum atomic E-state index is 0.918. The first kappa shape index (κ1) is 8.44. The molecule has 2 aromatic rings. The fraction of sp³-hybridized carbons (Fsp3) is 0. The maximum Gasteiger partial charge on any atom is 0.120 e. The van der Waals surface area contributed by atoms with Crippen LogP contribution >= 0.6 is 38.5 Å². The quantitative estimate of drug-likeness (QED) is 0.530. The Morgan fingerprint density at radius 3 is 2.83 bits per heavy atom. The van der Waals surface area contributed by atoms with Crippen molar-refractivity contribution in [2.75, 3.05) is 0 Å². The molecule has 0 aliphatic heterocycles. The van der Waals surface area contributed by atoms with Gasteiger partial charge in [0.25, 0.3) is 0 Å². The number of halogens is 2. The molecule has 0 fully saturated rings. The molecule has 0 amide bonds. The molecule has 0 saturated heterocycles. The third-order valence-electron chi connectivity index (χ3n) is 1.63. The molecule has 0 N–H and O–H groups in total. The van der Waals surface area contributed by atoms with E-state index in [1.54, 1.807) is 0 Å². The van der Waals surface area contributed by atoms with E-state index in [1.807, 2.05) is 18.2 Å². The van der Waals surface area contributed by atoms with Crippen molar-refractivity contribution >= 4 is 49.4 Å². The van der Waals surface area contributed by atoms with Crippen molar-refractivity contribution in [3.05, 3.63) is 38.5 Å². The Kier molecular flexibility index (Phi) is 2.32. The average molecular weight is 334 g/mol. The number of nitrogens with zero attached hydrogens (tertiary/aromatic N) is 1. The van der Waals surface area contributed by atoms with Gasteiger partial charge < -0.3 is 0 Å². The molecular weight excluding hydrogens is 329 g/mol. The summed E-state index contributed by atoms with van der Waals surface area (Å²) in [5.74, 6) is 0. The van der Waals surface area contributed by atoms with Crippen LogP contribution in [0.3, 0.4) is 0 Å². The van der Waals surface area contributed by atoms with E-state index in [0.29, 0.717) is 0 Å². The molecule has 0 aliphatic carbocycles. The lowest BCUT2D eigenvalue weighted by Gasteiger charge is -1.98.